The van der Waals surface area contributed by atoms with Crippen LogP contribution in [-0.4, -0.2) is 124 Å². The molecule has 0 aromatic rings. The molecule has 0 spiro atoms. The standard InChI is InChI=1S/C32H60N2O10/c1-12-14-41-31(8)16-17(3)28(38)33-21(7)26(37)32(9,40)23(13-2)43-29(39)20(6)24(35)19(5)27(31)44-30-25(36)22(34(10)11)15-18(4)42-30/h17-27,30,35-37,40H,12-16H2,1-11H3,(H,33,38). The van der Waals surface area contributed by atoms with E-state index in [-0.39, 0.29) is 30.9 Å². The van der Waals surface area contributed by atoms with Crippen molar-refractivity contribution in [3.8, 4) is 0 Å². The smallest absolute Gasteiger partial charge is 0.311 e. The second kappa shape index (κ2) is 15.9. The third-order valence-corrected chi connectivity index (χ3v) is 9.58. The van der Waals surface area contributed by atoms with Crippen molar-refractivity contribution in [2.75, 3.05) is 20.7 Å². The molecule has 2 fully saturated rings. The highest BCUT2D eigenvalue weighted by molar-refractivity contribution is 5.78. The van der Waals surface area contributed by atoms with Gasteiger partial charge < -0.3 is 49.6 Å². The zero-order valence-corrected chi connectivity index (χ0v) is 28.6. The molecular weight excluding hydrogens is 572 g/mol. The number of hydrogen-bond acceptors (Lipinski definition) is 11. The molecule has 14 unspecified atom stereocenters. The number of nitrogens with zero attached hydrogens (tertiary/aromatic N) is 1. The fraction of sp³-hybridized carbons (Fsp3) is 0.938. The Morgan fingerprint density at radius 2 is 1.64 bits per heavy atom. The maximum atomic E-state index is 13.5. The monoisotopic (exact) mass is 632 g/mol. The predicted molar refractivity (Wildman–Crippen MR) is 164 cm³/mol. The van der Waals surface area contributed by atoms with Crippen LogP contribution >= 0.6 is 0 Å². The lowest BCUT2D eigenvalue weighted by atomic mass is 9.77. The quantitative estimate of drug-likeness (QED) is 0.259. The van der Waals surface area contributed by atoms with Gasteiger partial charge in [0.2, 0.25) is 5.91 Å². The first-order chi connectivity index (χ1) is 20.3. The lowest BCUT2D eigenvalue weighted by Gasteiger charge is -2.48. The van der Waals surface area contributed by atoms with Gasteiger partial charge in [0, 0.05) is 24.5 Å². The molecule has 2 heterocycles. The zero-order valence-electron chi connectivity index (χ0n) is 28.6. The van der Waals surface area contributed by atoms with E-state index in [1.807, 2.05) is 32.8 Å². The van der Waals surface area contributed by atoms with Gasteiger partial charge in [-0.05, 0) is 74.4 Å². The Labute approximate surface area is 263 Å². The summed E-state index contributed by atoms with van der Waals surface area (Å²) in [5, 5.41) is 48.2. The van der Waals surface area contributed by atoms with Crippen LogP contribution in [-0.2, 0) is 28.5 Å². The molecule has 0 bridgehead atoms. The van der Waals surface area contributed by atoms with Gasteiger partial charge in [0.1, 0.15) is 23.9 Å². The van der Waals surface area contributed by atoms with Crippen LogP contribution in [0.15, 0.2) is 0 Å². The van der Waals surface area contributed by atoms with Crippen molar-refractivity contribution in [3.63, 3.8) is 0 Å². The van der Waals surface area contributed by atoms with Crippen LogP contribution in [0.4, 0.5) is 0 Å². The van der Waals surface area contributed by atoms with E-state index in [4.69, 9.17) is 18.9 Å². The van der Waals surface area contributed by atoms with E-state index in [1.54, 1.807) is 34.6 Å². The number of likely N-dealkylation sites (N-methyl/N-ethyl adjacent to an activating group) is 1. The second-order valence-electron chi connectivity index (χ2n) is 13.8. The number of ether oxygens (including phenoxy) is 4. The summed E-state index contributed by atoms with van der Waals surface area (Å²) in [7, 11) is 3.75. The highest BCUT2D eigenvalue weighted by Gasteiger charge is 2.51. The Balaban J connectivity index is 2.65. The maximum Gasteiger partial charge on any atom is 0.311 e. The van der Waals surface area contributed by atoms with E-state index in [0.717, 1.165) is 0 Å². The van der Waals surface area contributed by atoms with E-state index in [9.17, 15) is 30.0 Å². The van der Waals surface area contributed by atoms with Crippen LogP contribution in [0.2, 0.25) is 0 Å². The summed E-state index contributed by atoms with van der Waals surface area (Å²) in [6.07, 6.45) is -5.56. The molecule has 258 valence electrons. The van der Waals surface area contributed by atoms with Gasteiger partial charge in [-0.3, -0.25) is 9.59 Å². The number of amides is 1. The lowest BCUT2D eigenvalue weighted by Crippen LogP contribution is -2.60. The van der Waals surface area contributed by atoms with Crippen molar-refractivity contribution in [1.29, 1.82) is 0 Å². The third kappa shape index (κ3) is 8.90. The topological polar surface area (TPSA) is 167 Å². The Hall–Kier alpha value is -1.38. The van der Waals surface area contributed by atoms with Gasteiger partial charge in [-0.15, -0.1) is 0 Å². The molecule has 2 aliphatic rings. The van der Waals surface area contributed by atoms with Crippen LogP contribution in [0.5, 0.6) is 0 Å². The van der Waals surface area contributed by atoms with Crippen molar-refractivity contribution < 1.29 is 49.0 Å². The Morgan fingerprint density at radius 3 is 2.18 bits per heavy atom. The summed E-state index contributed by atoms with van der Waals surface area (Å²) >= 11 is 0. The van der Waals surface area contributed by atoms with E-state index < -0.39 is 77.8 Å². The average Bonchev–Trinajstić information content (AvgIpc) is 2.96. The van der Waals surface area contributed by atoms with Crippen molar-refractivity contribution in [3.05, 3.63) is 0 Å². The number of carbonyl (C=O) groups is 2. The molecule has 0 radical (unpaired) electrons. The first-order valence-electron chi connectivity index (χ1n) is 16.2. The zero-order chi connectivity index (χ0) is 33.7. The number of aliphatic hydroxyl groups is 4. The summed E-state index contributed by atoms with van der Waals surface area (Å²) in [6.45, 7) is 15.6. The molecule has 0 aliphatic carbocycles. The molecule has 12 heteroatoms. The number of aliphatic hydroxyl groups excluding tert-OH is 3. The Morgan fingerprint density at radius 1 is 1.02 bits per heavy atom. The fourth-order valence-corrected chi connectivity index (χ4v) is 6.70. The van der Waals surface area contributed by atoms with Crippen molar-refractivity contribution in [2.24, 2.45) is 17.8 Å². The molecule has 0 saturated carbocycles. The molecule has 5 N–H and O–H groups in total. The molecule has 1 amide bonds. The molecule has 2 saturated heterocycles. The summed E-state index contributed by atoms with van der Waals surface area (Å²) in [5.74, 6) is -3.61. The highest BCUT2D eigenvalue weighted by Crippen LogP contribution is 2.38. The molecule has 0 aromatic carbocycles. The summed E-state index contributed by atoms with van der Waals surface area (Å²) < 4.78 is 24.8. The van der Waals surface area contributed by atoms with Crippen LogP contribution in [0, 0.1) is 17.8 Å². The van der Waals surface area contributed by atoms with Crippen LogP contribution in [0.25, 0.3) is 0 Å². The van der Waals surface area contributed by atoms with Gasteiger partial charge in [-0.2, -0.15) is 0 Å². The van der Waals surface area contributed by atoms with Crippen LogP contribution in [0.3, 0.4) is 0 Å². The van der Waals surface area contributed by atoms with Gasteiger partial charge in [-0.1, -0.05) is 27.7 Å². The van der Waals surface area contributed by atoms with Crippen molar-refractivity contribution >= 4 is 11.9 Å². The minimum Gasteiger partial charge on any atom is -0.459 e. The van der Waals surface area contributed by atoms with Gasteiger partial charge in [-0.25, -0.2) is 0 Å². The number of rotatable bonds is 7. The molecule has 2 rings (SSSR count). The maximum absolute atomic E-state index is 13.5. The van der Waals surface area contributed by atoms with Gasteiger partial charge in [0.05, 0.1) is 35.9 Å². The number of esters is 1. The van der Waals surface area contributed by atoms with Crippen molar-refractivity contribution in [2.45, 2.75) is 154 Å². The predicted octanol–water partition coefficient (Wildman–Crippen LogP) is 1.59. The summed E-state index contributed by atoms with van der Waals surface area (Å²) in [6, 6.07) is -1.13. The lowest BCUT2D eigenvalue weighted by molar-refractivity contribution is -0.303. The normalized spacial score (nSPS) is 45.3. The minimum absolute atomic E-state index is 0.145. The molecular formula is C32H60N2O10. The minimum atomic E-state index is -1.89. The highest BCUT2D eigenvalue weighted by atomic mass is 16.7. The van der Waals surface area contributed by atoms with Gasteiger partial charge in [0.15, 0.2) is 6.29 Å². The molecule has 12 nitrogen and oxygen atoms in total. The summed E-state index contributed by atoms with van der Waals surface area (Å²) in [4.78, 5) is 28.8. The first kappa shape index (κ1) is 38.8. The SMILES string of the molecule is CCCOC1(C)CC(C)C(=O)NC(C)C(O)C(C)(O)C(CC)OC(=O)C(C)C(O)C(C)C1OC1OC(C)CC(N(C)C)C1O. The fourth-order valence-electron chi connectivity index (χ4n) is 6.70. The first-order valence-corrected chi connectivity index (χ1v) is 16.2. The number of carbonyl (C=O) groups excluding carboxylic acids is 2. The van der Waals surface area contributed by atoms with Crippen molar-refractivity contribution in [1.82, 2.24) is 10.2 Å². The molecule has 0 aromatic heterocycles. The van der Waals surface area contributed by atoms with E-state index in [1.165, 1.54) is 13.8 Å². The van der Waals surface area contributed by atoms with E-state index >= 15 is 0 Å². The largest absolute Gasteiger partial charge is 0.459 e. The molecule has 14 atom stereocenters. The number of hydrogen-bond donors (Lipinski definition) is 5. The number of cyclic esters (lactones) is 1. The summed E-state index contributed by atoms with van der Waals surface area (Å²) in [5.41, 5.74) is -3.08. The number of nitrogens with one attached hydrogen (secondary N) is 1. The third-order valence-electron chi connectivity index (χ3n) is 9.58. The molecule has 2 aliphatic heterocycles. The van der Waals surface area contributed by atoms with Gasteiger partial charge in [0.25, 0.3) is 0 Å². The second-order valence-corrected chi connectivity index (χ2v) is 13.8. The van der Waals surface area contributed by atoms with E-state index in [2.05, 4.69) is 5.32 Å². The molecule has 44 heavy (non-hydrogen) atoms. The van der Waals surface area contributed by atoms with E-state index in [0.29, 0.717) is 19.4 Å². The van der Waals surface area contributed by atoms with Crippen LogP contribution in [0.1, 0.15) is 88.0 Å². The van der Waals surface area contributed by atoms with Crippen LogP contribution < -0.4 is 5.32 Å². The average molecular weight is 633 g/mol. The van der Waals surface area contributed by atoms with Gasteiger partial charge >= 0.3 is 5.97 Å². The Kier molecular flexibility index (Phi) is 14.1. The Bertz CT molecular complexity index is 935.